The number of aromatic nitrogens is 1. The number of nitrogens with one attached hydrogen (secondary N) is 1. The number of carbonyl (C=O) groups excluding carboxylic acids is 1. The zero-order valence-electron chi connectivity index (χ0n) is 12.1. The Balaban J connectivity index is 2.29. The summed E-state index contributed by atoms with van der Waals surface area (Å²) in [5.74, 6) is -0.815. The van der Waals surface area contributed by atoms with Gasteiger partial charge in [-0.2, -0.15) is 0 Å². The molecule has 0 aliphatic heterocycles. The molecule has 0 bridgehead atoms. The van der Waals surface area contributed by atoms with E-state index in [0.29, 0.717) is 5.56 Å². The molecule has 110 valence electrons. The molecule has 1 heterocycles. The second kappa shape index (κ2) is 6.35. The summed E-state index contributed by atoms with van der Waals surface area (Å²) in [5, 5.41) is 3.34. The van der Waals surface area contributed by atoms with Crippen LogP contribution in [0.1, 0.15) is 41.0 Å². The molecule has 1 aromatic carbocycles. The van der Waals surface area contributed by atoms with Gasteiger partial charge in [0.2, 0.25) is 5.91 Å². The molecular weight excluding hydrogens is 269 g/mol. The summed E-state index contributed by atoms with van der Waals surface area (Å²) in [6, 6.07) is 8.34. The third-order valence-corrected chi connectivity index (χ3v) is 3.44. The van der Waals surface area contributed by atoms with E-state index in [1.165, 1.54) is 12.3 Å². The molecule has 1 amide bonds. The van der Waals surface area contributed by atoms with Crippen LogP contribution in [0.4, 0.5) is 10.1 Å². The van der Waals surface area contributed by atoms with Crippen molar-refractivity contribution in [2.45, 2.75) is 26.3 Å². The molecule has 0 radical (unpaired) electrons. The van der Waals surface area contributed by atoms with Gasteiger partial charge in [0.25, 0.3) is 0 Å². The molecular formula is C16H18FN3O. The minimum absolute atomic E-state index is 0.0626. The lowest BCUT2D eigenvalue weighted by molar-refractivity contribution is 0.1000. The second-order valence-electron chi connectivity index (χ2n) is 4.85. The Hall–Kier alpha value is -2.43. The van der Waals surface area contributed by atoms with E-state index < -0.39 is 5.91 Å². The maximum Gasteiger partial charge on any atom is 0.249 e. The molecule has 2 rings (SSSR count). The Morgan fingerprint density at radius 3 is 2.71 bits per heavy atom. The van der Waals surface area contributed by atoms with Gasteiger partial charge in [0.1, 0.15) is 5.82 Å². The Labute approximate surface area is 123 Å². The predicted octanol–water partition coefficient (Wildman–Crippen LogP) is 3.19. The van der Waals surface area contributed by atoms with E-state index in [0.717, 1.165) is 23.4 Å². The van der Waals surface area contributed by atoms with Gasteiger partial charge in [-0.1, -0.05) is 13.0 Å². The van der Waals surface area contributed by atoms with Crippen molar-refractivity contribution in [2.75, 3.05) is 5.32 Å². The summed E-state index contributed by atoms with van der Waals surface area (Å²) < 4.78 is 13.0. The van der Waals surface area contributed by atoms with Crippen LogP contribution in [0, 0.1) is 12.7 Å². The number of anilines is 1. The molecule has 4 nitrogen and oxygen atoms in total. The summed E-state index contributed by atoms with van der Waals surface area (Å²) in [4.78, 5) is 15.5. The van der Waals surface area contributed by atoms with E-state index in [4.69, 9.17) is 5.73 Å². The van der Waals surface area contributed by atoms with Crippen molar-refractivity contribution in [1.82, 2.24) is 4.98 Å². The first kappa shape index (κ1) is 15.0. The van der Waals surface area contributed by atoms with E-state index >= 15 is 0 Å². The molecule has 1 atom stereocenters. The van der Waals surface area contributed by atoms with Gasteiger partial charge >= 0.3 is 0 Å². The first-order valence-electron chi connectivity index (χ1n) is 6.80. The van der Waals surface area contributed by atoms with E-state index in [2.05, 4.69) is 10.3 Å². The first-order valence-corrected chi connectivity index (χ1v) is 6.80. The van der Waals surface area contributed by atoms with Gasteiger partial charge in [-0.05, 0) is 43.2 Å². The number of nitrogens with two attached hydrogens (primary N) is 1. The lowest BCUT2D eigenvalue weighted by Gasteiger charge is -2.20. The lowest BCUT2D eigenvalue weighted by Crippen LogP contribution is -2.16. The largest absolute Gasteiger partial charge is 0.376 e. The van der Waals surface area contributed by atoms with Gasteiger partial charge in [-0.25, -0.2) is 4.39 Å². The van der Waals surface area contributed by atoms with Crippen LogP contribution in [0.15, 0.2) is 36.5 Å². The number of amides is 1. The molecule has 5 heteroatoms. The highest BCUT2D eigenvalue weighted by Gasteiger charge is 2.14. The van der Waals surface area contributed by atoms with Gasteiger partial charge in [-0.15, -0.1) is 0 Å². The van der Waals surface area contributed by atoms with Crippen molar-refractivity contribution in [3.05, 3.63) is 59.2 Å². The first-order chi connectivity index (χ1) is 10.0. The number of hydrogen-bond acceptors (Lipinski definition) is 3. The van der Waals surface area contributed by atoms with Crippen LogP contribution in [-0.2, 0) is 0 Å². The maximum absolute atomic E-state index is 13.0. The van der Waals surface area contributed by atoms with Crippen molar-refractivity contribution in [2.24, 2.45) is 5.73 Å². The van der Waals surface area contributed by atoms with E-state index in [1.54, 1.807) is 18.2 Å². The number of pyridine rings is 1. The lowest BCUT2D eigenvalue weighted by atomic mass is 10.0. The summed E-state index contributed by atoms with van der Waals surface area (Å²) in [6.07, 6.45) is 1.98. The van der Waals surface area contributed by atoms with Crippen LogP contribution in [0.3, 0.4) is 0 Å². The fourth-order valence-electron chi connectivity index (χ4n) is 2.23. The van der Waals surface area contributed by atoms with Crippen LogP contribution >= 0.6 is 0 Å². The van der Waals surface area contributed by atoms with Gasteiger partial charge in [0.05, 0.1) is 17.9 Å². The zero-order chi connectivity index (χ0) is 15.4. The average Bonchev–Trinajstić information content (AvgIpc) is 2.47. The second-order valence-corrected chi connectivity index (χ2v) is 4.85. The molecule has 0 fully saturated rings. The van der Waals surface area contributed by atoms with Crippen molar-refractivity contribution in [3.63, 3.8) is 0 Å². The number of primary amides is 1. The normalized spacial score (nSPS) is 12.0. The van der Waals surface area contributed by atoms with E-state index in [9.17, 15) is 9.18 Å². The number of halogens is 1. The molecule has 0 aliphatic rings. The van der Waals surface area contributed by atoms with Crippen LogP contribution in [0.25, 0.3) is 0 Å². The monoisotopic (exact) mass is 287 g/mol. The number of hydrogen-bond donors (Lipinski definition) is 2. The standard InChI is InChI=1S/C16H18FN3O/c1-3-13(15-8-7-11(17)9-19-15)20-14-6-4-5-12(10(14)2)16(18)21/h4-9,13,20H,3H2,1-2H3,(H2,18,21). The number of benzene rings is 1. The van der Waals surface area contributed by atoms with Crippen molar-refractivity contribution in [1.29, 1.82) is 0 Å². The van der Waals surface area contributed by atoms with Gasteiger partial charge < -0.3 is 11.1 Å². The van der Waals surface area contributed by atoms with Crippen molar-refractivity contribution in [3.8, 4) is 0 Å². The quantitative estimate of drug-likeness (QED) is 0.887. The maximum atomic E-state index is 13.0. The topological polar surface area (TPSA) is 68.0 Å². The average molecular weight is 287 g/mol. The van der Waals surface area contributed by atoms with Gasteiger partial charge in [0, 0.05) is 11.3 Å². The summed E-state index contributed by atoms with van der Waals surface area (Å²) in [6.45, 7) is 3.85. The van der Waals surface area contributed by atoms with Crippen molar-refractivity contribution < 1.29 is 9.18 Å². The predicted molar refractivity (Wildman–Crippen MR) is 80.5 cm³/mol. The molecule has 1 unspecified atom stereocenters. The highest BCUT2D eigenvalue weighted by Crippen LogP contribution is 2.25. The molecule has 3 N–H and O–H groups in total. The molecule has 21 heavy (non-hydrogen) atoms. The highest BCUT2D eigenvalue weighted by molar-refractivity contribution is 5.95. The van der Waals surface area contributed by atoms with E-state index in [-0.39, 0.29) is 11.9 Å². The minimum Gasteiger partial charge on any atom is -0.376 e. The molecule has 0 saturated heterocycles. The van der Waals surface area contributed by atoms with Crippen molar-refractivity contribution >= 4 is 11.6 Å². The Morgan fingerprint density at radius 1 is 1.38 bits per heavy atom. The Kier molecular flexibility index (Phi) is 4.52. The minimum atomic E-state index is -0.455. The van der Waals surface area contributed by atoms with Crippen LogP contribution in [-0.4, -0.2) is 10.9 Å². The zero-order valence-corrected chi connectivity index (χ0v) is 12.1. The van der Waals surface area contributed by atoms with Crippen LogP contribution in [0.5, 0.6) is 0 Å². The fourth-order valence-corrected chi connectivity index (χ4v) is 2.23. The Bertz CT molecular complexity index is 640. The number of rotatable bonds is 5. The Morgan fingerprint density at radius 2 is 2.14 bits per heavy atom. The third kappa shape index (κ3) is 3.37. The van der Waals surface area contributed by atoms with Crippen LogP contribution < -0.4 is 11.1 Å². The summed E-state index contributed by atoms with van der Waals surface area (Å²) in [7, 11) is 0. The summed E-state index contributed by atoms with van der Waals surface area (Å²) >= 11 is 0. The highest BCUT2D eigenvalue weighted by atomic mass is 19.1. The molecule has 1 aromatic heterocycles. The summed E-state index contributed by atoms with van der Waals surface area (Å²) in [5.41, 5.74) is 8.21. The fraction of sp³-hybridized carbons (Fsp3) is 0.250. The third-order valence-electron chi connectivity index (χ3n) is 3.44. The van der Waals surface area contributed by atoms with Gasteiger partial charge in [0.15, 0.2) is 0 Å². The molecule has 0 saturated carbocycles. The number of carbonyl (C=O) groups is 1. The SMILES string of the molecule is CCC(Nc1cccc(C(N)=O)c1C)c1ccc(F)cn1. The molecule has 0 spiro atoms. The molecule has 0 aliphatic carbocycles. The molecule has 2 aromatic rings. The van der Waals surface area contributed by atoms with Crippen LogP contribution in [0.2, 0.25) is 0 Å². The number of nitrogens with zero attached hydrogens (tertiary/aromatic N) is 1. The van der Waals surface area contributed by atoms with E-state index in [1.807, 2.05) is 19.9 Å². The smallest absolute Gasteiger partial charge is 0.249 e. The van der Waals surface area contributed by atoms with Gasteiger partial charge in [-0.3, -0.25) is 9.78 Å².